The van der Waals surface area contributed by atoms with Crippen molar-refractivity contribution in [3.63, 3.8) is 0 Å². The van der Waals surface area contributed by atoms with Gasteiger partial charge in [-0.2, -0.15) is 0 Å². The summed E-state index contributed by atoms with van der Waals surface area (Å²) in [6.45, 7) is 14.3. The van der Waals surface area contributed by atoms with Crippen molar-refractivity contribution in [1.29, 1.82) is 0 Å². The van der Waals surface area contributed by atoms with E-state index >= 15 is 0 Å². The van der Waals surface area contributed by atoms with Gasteiger partial charge in [-0.15, -0.1) is 23.7 Å². The van der Waals surface area contributed by atoms with E-state index in [1.807, 2.05) is 0 Å². The summed E-state index contributed by atoms with van der Waals surface area (Å²) < 4.78 is 45.3. The zero-order chi connectivity index (χ0) is 44.4. The first-order chi connectivity index (χ1) is 29.8. The lowest BCUT2D eigenvalue weighted by Crippen LogP contribution is -2.37. The van der Waals surface area contributed by atoms with E-state index in [2.05, 4.69) is 86.9 Å². The monoisotopic (exact) mass is 856 g/mol. The molecule has 1 atom stereocenters. The number of carbonyl (C=O) groups excluding carboxylic acids is 3. The number of hydrogen-bond donors (Lipinski definition) is 0. The number of esters is 2. The number of rotatable bonds is 31. The summed E-state index contributed by atoms with van der Waals surface area (Å²) in [4.78, 5) is 40.5. The zero-order valence-electron chi connectivity index (χ0n) is 38.3. The third-order valence-electron chi connectivity index (χ3n) is 9.39. The minimum absolute atomic E-state index is 0.0894. The number of piperidine rings is 1. The molecule has 0 aromatic rings. The first kappa shape index (κ1) is 55.3. The molecule has 0 spiro atoms. The average molecular weight is 856 g/mol. The number of carbonyl (C=O) groups is 3. The van der Waals surface area contributed by atoms with Gasteiger partial charge in [-0.3, -0.25) is 9.59 Å². The van der Waals surface area contributed by atoms with Crippen molar-refractivity contribution in [2.75, 3.05) is 72.5 Å². The molecule has 1 aliphatic rings. The highest BCUT2D eigenvalue weighted by Gasteiger charge is 2.22. The summed E-state index contributed by atoms with van der Waals surface area (Å²) in [6.07, 6.45) is 11.5. The van der Waals surface area contributed by atoms with Gasteiger partial charge >= 0.3 is 18.1 Å². The Morgan fingerprint density at radius 3 is 1.39 bits per heavy atom. The second-order valence-corrected chi connectivity index (χ2v) is 15.0. The maximum absolute atomic E-state index is 12.8. The molecule has 0 N–H and O–H groups in total. The van der Waals surface area contributed by atoms with Gasteiger partial charge in [0.25, 0.3) is 0 Å². The maximum Gasteiger partial charge on any atom is 0.508 e. The highest BCUT2D eigenvalue weighted by molar-refractivity contribution is 5.69. The Labute approximate surface area is 368 Å². The SMILES string of the molecule is CCCC#CCOC(CCCCC(=O)OCC(COC(=O)CCCCC(OCC#CCCC)OCC#CCCC)COC(=O)OCC1CCCN(CC)C1)OCC#CCCC. The average Bonchev–Trinajstić information content (AvgIpc) is 3.27. The summed E-state index contributed by atoms with van der Waals surface area (Å²) in [6, 6.07) is 0. The molecule has 0 aromatic heterocycles. The van der Waals surface area contributed by atoms with Gasteiger partial charge in [-0.05, 0) is 90.1 Å². The molecule has 0 radical (unpaired) electrons. The van der Waals surface area contributed by atoms with Crippen molar-refractivity contribution in [3.05, 3.63) is 0 Å². The van der Waals surface area contributed by atoms with Crippen LogP contribution in [0, 0.1) is 59.2 Å². The molecule has 61 heavy (non-hydrogen) atoms. The van der Waals surface area contributed by atoms with Crippen LogP contribution in [-0.4, -0.2) is 108 Å². The summed E-state index contributed by atoms with van der Waals surface area (Å²) >= 11 is 0. The van der Waals surface area contributed by atoms with Crippen molar-refractivity contribution >= 4 is 18.1 Å². The fourth-order valence-electron chi connectivity index (χ4n) is 5.88. The zero-order valence-corrected chi connectivity index (χ0v) is 38.3. The van der Waals surface area contributed by atoms with Crippen LogP contribution in [0.5, 0.6) is 0 Å². The minimum atomic E-state index is -0.797. The van der Waals surface area contributed by atoms with Crippen LogP contribution in [0.25, 0.3) is 0 Å². The first-order valence-corrected chi connectivity index (χ1v) is 23.0. The van der Waals surface area contributed by atoms with Crippen LogP contribution in [0.4, 0.5) is 4.79 Å². The van der Waals surface area contributed by atoms with Gasteiger partial charge in [0, 0.05) is 51.0 Å². The predicted molar refractivity (Wildman–Crippen MR) is 237 cm³/mol. The van der Waals surface area contributed by atoms with Crippen molar-refractivity contribution in [2.24, 2.45) is 11.8 Å². The summed E-state index contributed by atoms with van der Waals surface area (Å²) in [5.74, 6) is 23.2. The van der Waals surface area contributed by atoms with E-state index in [-0.39, 0.29) is 71.6 Å². The molecule has 1 rings (SSSR count). The van der Waals surface area contributed by atoms with Crippen LogP contribution in [0.15, 0.2) is 0 Å². The molecule has 1 heterocycles. The molecule has 12 nitrogen and oxygen atoms in total. The number of unbranched alkanes of at least 4 members (excludes halogenated alkanes) is 6. The summed E-state index contributed by atoms with van der Waals surface area (Å²) in [5.41, 5.74) is 0. The van der Waals surface area contributed by atoms with Crippen molar-refractivity contribution < 1.29 is 52.3 Å². The van der Waals surface area contributed by atoms with Gasteiger partial charge in [-0.25, -0.2) is 4.79 Å². The Balaban J connectivity index is 2.68. The number of nitrogens with zero attached hydrogens (tertiary/aromatic N) is 1. The van der Waals surface area contributed by atoms with Crippen molar-refractivity contribution in [3.8, 4) is 47.4 Å². The molecular weight excluding hydrogens is 779 g/mol. The van der Waals surface area contributed by atoms with Crippen LogP contribution in [-0.2, 0) is 47.5 Å². The smallest absolute Gasteiger partial charge is 0.465 e. The molecule has 0 aromatic carbocycles. The lowest BCUT2D eigenvalue weighted by molar-refractivity contribution is -0.150. The van der Waals surface area contributed by atoms with Crippen LogP contribution < -0.4 is 0 Å². The molecule has 1 aliphatic heterocycles. The Morgan fingerprint density at radius 1 is 0.557 bits per heavy atom. The van der Waals surface area contributed by atoms with Crippen LogP contribution in [0.2, 0.25) is 0 Å². The molecule has 1 unspecified atom stereocenters. The second-order valence-electron chi connectivity index (χ2n) is 15.0. The largest absolute Gasteiger partial charge is 0.508 e. The summed E-state index contributed by atoms with van der Waals surface area (Å²) in [7, 11) is 0. The first-order valence-electron chi connectivity index (χ1n) is 23.0. The third kappa shape index (κ3) is 33.5. The van der Waals surface area contributed by atoms with Gasteiger partial charge in [0.1, 0.15) is 46.2 Å². The Hall–Kier alpha value is -3.75. The fourth-order valence-corrected chi connectivity index (χ4v) is 5.88. The molecule has 0 amide bonds. The van der Waals surface area contributed by atoms with Crippen LogP contribution in [0.3, 0.4) is 0 Å². The topological polar surface area (TPSA) is 128 Å². The maximum atomic E-state index is 12.8. The summed E-state index contributed by atoms with van der Waals surface area (Å²) in [5, 5.41) is 0. The van der Waals surface area contributed by atoms with E-state index in [1.165, 1.54) is 0 Å². The van der Waals surface area contributed by atoms with E-state index in [0.29, 0.717) is 38.5 Å². The molecule has 1 fully saturated rings. The normalized spacial score (nSPS) is 13.5. The van der Waals surface area contributed by atoms with E-state index in [0.717, 1.165) is 83.8 Å². The highest BCUT2D eigenvalue weighted by Crippen LogP contribution is 2.17. The minimum Gasteiger partial charge on any atom is -0.465 e. The highest BCUT2D eigenvalue weighted by atomic mass is 16.7. The van der Waals surface area contributed by atoms with Crippen LogP contribution >= 0.6 is 0 Å². The fraction of sp³-hybridized carbons (Fsp3) is 0.776. The third-order valence-corrected chi connectivity index (χ3v) is 9.39. The predicted octanol–water partition coefficient (Wildman–Crippen LogP) is 8.63. The number of hydrogen-bond acceptors (Lipinski definition) is 12. The quantitative estimate of drug-likeness (QED) is 0.0218. The molecule has 1 saturated heterocycles. The van der Waals surface area contributed by atoms with Crippen LogP contribution in [0.1, 0.15) is 150 Å². The van der Waals surface area contributed by atoms with Crippen molar-refractivity contribution in [1.82, 2.24) is 4.90 Å². The van der Waals surface area contributed by atoms with Crippen molar-refractivity contribution in [2.45, 2.75) is 163 Å². The molecule has 0 aliphatic carbocycles. The Kier molecular flexibility index (Phi) is 36.5. The molecular formula is C49H77NO11. The second kappa shape index (κ2) is 40.3. The Bertz CT molecular complexity index is 1270. The Morgan fingerprint density at radius 2 is 0.984 bits per heavy atom. The van der Waals surface area contributed by atoms with E-state index in [1.54, 1.807) is 0 Å². The van der Waals surface area contributed by atoms with Gasteiger partial charge in [-0.1, -0.05) is 58.3 Å². The van der Waals surface area contributed by atoms with Gasteiger partial charge in [0.05, 0.1) is 12.5 Å². The van der Waals surface area contributed by atoms with Gasteiger partial charge in [0.15, 0.2) is 12.6 Å². The number of likely N-dealkylation sites (tertiary alicyclic amines) is 1. The lowest BCUT2D eigenvalue weighted by Gasteiger charge is -2.31. The molecule has 0 bridgehead atoms. The van der Waals surface area contributed by atoms with E-state index in [9.17, 15) is 14.4 Å². The van der Waals surface area contributed by atoms with E-state index < -0.39 is 36.6 Å². The molecule has 0 saturated carbocycles. The van der Waals surface area contributed by atoms with Gasteiger partial charge < -0.3 is 42.8 Å². The van der Waals surface area contributed by atoms with Gasteiger partial charge in [0.2, 0.25) is 0 Å². The molecule has 12 heteroatoms. The lowest BCUT2D eigenvalue weighted by atomic mass is 9.99. The standard InChI is InChI=1S/C49H77NO11/c1-6-11-15-23-34-54-47(55-35-24-16-12-7-2)31-21-19-29-45(51)58-40-44(42-61-49(53)60-39-43-28-27-33-50(10-5)38-43)41-59-46(52)30-20-22-32-48(56-36-25-17-13-8-3)57-37-26-18-14-9-4/h43-44,47-48H,6-14,19-22,27-42H2,1-5H3. The number of ether oxygens (including phenoxy) is 8. The molecule has 344 valence electrons. The van der Waals surface area contributed by atoms with E-state index in [4.69, 9.17) is 37.9 Å².